The molecule has 160 valence electrons. The van der Waals surface area contributed by atoms with Crippen molar-refractivity contribution in [3.63, 3.8) is 0 Å². The van der Waals surface area contributed by atoms with Crippen LogP contribution in [0.2, 0.25) is 0 Å². The zero-order chi connectivity index (χ0) is 21.3. The van der Waals surface area contributed by atoms with Gasteiger partial charge in [0.15, 0.2) is 11.7 Å². The maximum atomic E-state index is 12.4. The number of piperazine rings is 1. The SMILES string of the molecule is CCCNC(=O)c1cccc(CNC(=NC)N2CCN(C(=O)c3ccco3)CC2)c1. The normalized spacial score (nSPS) is 14.5. The van der Waals surface area contributed by atoms with E-state index in [1.165, 1.54) is 6.26 Å². The number of nitrogens with zero attached hydrogens (tertiary/aromatic N) is 3. The monoisotopic (exact) mass is 411 g/mol. The van der Waals surface area contributed by atoms with Crippen molar-refractivity contribution in [3.8, 4) is 0 Å². The first-order chi connectivity index (χ1) is 14.6. The van der Waals surface area contributed by atoms with Crippen LogP contribution in [0.25, 0.3) is 0 Å². The van der Waals surface area contributed by atoms with Gasteiger partial charge in [0.25, 0.3) is 11.8 Å². The molecular weight excluding hydrogens is 382 g/mol. The molecule has 2 amide bonds. The first kappa shape index (κ1) is 21.4. The average Bonchev–Trinajstić information content (AvgIpc) is 3.33. The number of aliphatic imine (C=N–C) groups is 1. The number of hydrogen-bond acceptors (Lipinski definition) is 4. The molecule has 2 heterocycles. The molecule has 2 aromatic rings. The van der Waals surface area contributed by atoms with Crippen molar-refractivity contribution in [1.82, 2.24) is 20.4 Å². The molecule has 3 rings (SSSR count). The van der Waals surface area contributed by atoms with Gasteiger partial charge in [-0.05, 0) is 36.2 Å². The van der Waals surface area contributed by atoms with Crippen LogP contribution in [0.15, 0.2) is 52.1 Å². The van der Waals surface area contributed by atoms with Crippen LogP contribution in [0.3, 0.4) is 0 Å². The summed E-state index contributed by atoms with van der Waals surface area (Å²) in [4.78, 5) is 32.9. The molecule has 1 aromatic carbocycles. The van der Waals surface area contributed by atoms with Crippen LogP contribution < -0.4 is 10.6 Å². The van der Waals surface area contributed by atoms with Gasteiger partial charge in [-0.2, -0.15) is 0 Å². The molecule has 1 fully saturated rings. The minimum absolute atomic E-state index is 0.0552. The smallest absolute Gasteiger partial charge is 0.289 e. The molecular formula is C22H29N5O3. The third-order valence-corrected chi connectivity index (χ3v) is 4.99. The maximum absolute atomic E-state index is 12.4. The zero-order valence-corrected chi connectivity index (χ0v) is 17.6. The van der Waals surface area contributed by atoms with Crippen LogP contribution in [0.1, 0.15) is 39.8 Å². The summed E-state index contributed by atoms with van der Waals surface area (Å²) >= 11 is 0. The van der Waals surface area contributed by atoms with E-state index < -0.39 is 0 Å². The molecule has 1 aromatic heterocycles. The van der Waals surface area contributed by atoms with E-state index in [2.05, 4.69) is 20.5 Å². The molecule has 1 aliphatic rings. The van der Waals surface area contributed by atoms with E-state index in [-0.39, 0.29) is 11.8 Å². The van der Waals surface area contributed by atoms with E-state index in [1.54, 1.807) is 24.1 Å². The van der Waals surface area contributed by atoms with Crippen molar-refractivity contribution >= 4 is 17.8 Å². The Labute approximate surface area is 176 Å². The Kier molecular flexibility index (Phi) is 7.48. The molecule has 0 unspecified atom stereocenters. The number of nitrogens with one attached hydrogen (secondary N) is 2. The van der Waals surface area contributed by atoms with Gasteiger partial charge in [-0.15, -0.1) is 0 Å². The Bertz CT molecular complexity index is 871. The Morgan fingerprint density at radius 3 is 2.50 bits per heavy atom. The van der Waals surface area contributed by atoms with Crippen molar-refractivity contribution in [2.24, 2.45) is 4.99 Å². The van der Waals surface area contributed by atoms with Crippen molar-refractivity contribution in [1.29, 1.82) is 0 Å². The van der Waals surface area contributed by atoms with Crippen molar-refractivity contribution in [3.05, 3.63) is 59.5 Å². The summed E-state index contributed by atoms with van der Waals surface area (Å²) in [6.07, 6.45) is 2.42. The summed E-state index contributed by atoms with van der Waals surface area (Å²) in [6.45, 7) is 5.84. The maximum Gasteiger partial charge on any atom is 0.289 e. The quantitative estimate of drug-likeness (QED) is 0.560. The van der Waals surface area contributed by atoms with Crippen LogP contribution >= 0.6 is 0 Å². The highest BCUT2D eigenvalue weighted by Gasteiger charge is 2.25. The van der Waals surface area contributed by atoms with Crippen LogP contribution in [0.5, 0.6) is 0 Å². The third kappa shape index (κ3) is 5.40. The van der Waals surface area contributed by atoms with E-state index in [0.717, 1.165) is 17.9 Å². The number of benzene rings is 1. The Hall–Kier alpha value is -3.29. The fourth-order valence-electron chi connectivity index (χ4n) is 3.35. The van der Waals surface area contributed by atoms with Gasteiger partial charge < -0.3 is 24.9 Å². The Balaban J connectivity index is 1.52. The average molecular weight is 412 g/mol. The van der Waals surface area contributed by atoms with Crippen molar-refractivity contribution < 1.29 is 14.0 Å². The lowest BCUT2D eigenvalue weighted by molar-refractivity contribution is 0.0657. The van der Waals surface area contributed by atoms with Gasteiger partial charge in [-0.25, -0.2) is 0 Å². The van der Waals surface area contributed by atoms with E-state index in [9.17, 15) is 9.59 Å². The van der Waals surface area contributed by atoms with E-state index in [1.807, 2.05) is 31.2 Å². The molecule has 2 N–H and O–H groups in total. The summed E-state index contributed by atoms with van der Waals surface area (Å²) in [6, 6.07) is 11.0. The van der Waals surface area contributed by atoms with Crippen molar-refractivity contribution in [2.75, 3.05) is 39.8 Å². The molecule has 0 spiro atoms. The first-order valence-electron chi connectivity index (χ1n) is 10.3. The predicted molar refractivity (Wildman–Crippen MR) is 115 cm³/mol. The first-order valence-corrected chi connectivity index (χ1v) is 10.3. The van der Waals surface area contributed by atoms with Gasteiger partial charge in [0.1, 0.15) is 0 Å². The van der Waals surface area contributed by atoms with Gasteiger partial charge in [-0.3, -0.25) is 14.6 Å². The topological polar surface area (TPSA) is 90.2 Å². The summed E-state index contributed by atoms with van der Waals surface area (Å²) in [7, 11) is 1.75. The lowest BCUT2D eigenvalue weighted by atomic mass is 10.1. The summed E-state index contributed by atoms with van der Waals surface area (Å²) in [5.41, 5.74) is 1.66. The minimum atomic E-state index is -0.0826. The highest BCUT2D eigenvalue weighted by atomic mass is 16.3. The number of furan rings is 1. The van der Waals surface area contributed by atoms with Gasteiger partial charge in [-0.1, -0.05) is 19.1 Å². The van der Waals surface area contributed by atoms with Crippen LogP contribution in [-0.2, 0) is 6.54 Å². The van der Waals surface area contributed by atoms with Crippen molar-refractivity contribution in [2.45, 2.75) is 19.9 Å². The second-order valence-electron chi connectivity index (χ2n) is 7.11. The highest BCUT2D eigenvalue weighted by Crippen LogP contribution is 2.10. The van der Waals surface area contributed by atoms with Gasteiger partial charge in [0.2, 0.25) is 0 Å². The second kappa shape index (κ2) is 10.5. The molecule has 0 saturated carbocycles. The molecule has 1 saturated heterocycles. The van der Waals surface area contributed by atoms with Gasteiger partial charge in [0.05, 0.1) is 6.26 Å². The fourth-order valence-corrected chi connectivity index (χ4v) is 3.35. The third-order valence-electron chi connectivity index (χ3n) is 4.99. The number of carbonyl (C=O) groups excluding carboxylic acids is 2. The lowest BCUT2D eigenvalue weighted by Crippen LogP contribution is -2.53. The van der Waals surface area contributed by atoms with E-state index >= 15 is 0 Å². The highest BCUT2D eigenvalue weighted by molar-refractivity contribution is 5.94. The van der Waals surface area contributed by atoms with E-state index in [0.29, 0.717) is 50.6 Å². The summed E-state index contributed by atoms with van der Waals surface area (Å²) in [5.74, 6) is 1.01. The Morgan fingerprint density at radius 2 is 1.83 bits per heavy atom. The minimum Gasteiger partial charge on any atom is -0.459 e. The molecule has 8 nitrogen and oxygen atoms in total. The van der Waals surface area contributed by atoms with Crippen LogP contribution in [0.4, 0.5) is 0 Å². The predicted octanol–water partition coefficient (Wildman–Crippen LogP) is 1.95. The summed E-state index contributed by atoms with van der Waals surface area (Å²) in [5, 5.41) is 6.26. The zero-order valence-electron chi connectivity index (χ0n) is 17.6. The number of hydrogen-bond donors (Lipinski definition) is 2. The summed E-state index contributed by atoms with van der Waals surface area (Å²) < 4.78 is 5.21. The molecule has 0 atom stereocenters. The molecule has 0 aliphatic carbocycles. The van der Waals surface area contributed by atoms with Crippen LogP contribution in [0, 0.1) is 0 Å². The molecule has 8 heteroatoms. The largest absolute Gasteiger partial charge is 0.459 e. The second-order valence-corrected chi connectivity index (χ2v) is 7.11. The van der Waals surface area contributed by atoms with E-state index in [4.69, 9.17) is 4.42 Å². The standard InChI is InChI=1S/C22H29N5O3/c1-3-9-24-20(28)18-7-4-6-17(15-18)16-25-22(23-2)27-12-10-26(11-13-27)21(29)19-8-5-14-30-19/h4-8,14-15H,3,9-13,16H2,1-2H3,(H,23,25)(H,24,28). The number of amides is 2. The fraction of sp³-hybridized carbons (Fsp3) is 0.409. The molecule has 0 radical (unpaired) electrons. The lowest BCUT2D eigenvalue weighted by Gasteiger charge is -2.36. The number of rotatable bonds is 6. The Morgan fingerprint density at radius 1 is 1.07 bits per heavy atom. The molecule has 0 bridgehead atoms. The van der Waals surface area contributed by atoms with Gasteiger partial charge >= 0.3 is 0 Å². The number of guanidine groups is 1. The van der Waals surface area contributed by atoms with Crippen LogP contribution in [-0.4, -0.2) is 67.3 Å². The molecule has 1 aliphatic heterocycles. The number of carbonyl (C=O) groups is 2. The van der Waals surface area contributed by atoms with Gasteiger partial charge in [0, 0.05) is 51.9 Å². The molecule has 30 heavy (non-hydrogen) atoms.